The van der Waals surface area contributed by atoms with E-state index in [0.29, 0.717) is 0 Å². The van der Waals surface area contributed by atoms with Crippen LogP contribution in [0.1, 0.15) is 52.7 Å². The van der Waals surface area contributed by atoms with Gasteiger partial charge in [-0.05, 0) is 25.2 Å². The van der Waals surface area contributed by atoms with E-state index in [2.05, 4.69) is 29.1 Å². The number of aromatic nitrogens is 1. The second kappa shape index (κ2) is 7.70. The lowest BCUT2D eigenvalue weighted by atomic mass is 9.95. The highest BCUT2D eigenvalue weighted by Gasteiger charge is 2.19. The van der Waals surface area contributed by atoms with Crippen LogP contribution in [0.4, 0.5) is 5.13 Å². The molecule has 1 aliphatic rings. The molecule has 0 aliphatic carbocycles. The van der Waals surface area contributed by atoms with Gasteiger partial charge in [0.2, 0.25) is 0 Å². The third-order valence-electron chi connectivity index (χ3n) is 3.36. The summed E-state index contributed by atoms with van der Waals surface area (Å²) in [6.45, 7) is 10.9. The standard InChI is InChI=1S/C12H20N2S.C2H6/c1-3-10-5-7-14(8-6-10)12-13-11(4-2)9-15-12;1-2/h9-10H,3-8H2,1-2H3;1-2H3. The van der Waals surface area contributed by atoms with E-state index >= 15 is 0 Å². The molecule has 0 spiro atoms. The Labute approximate surface area is 110 Å². The summed E-state index contributed by atoms with van der Waals surface area (Å²) < 4.78 is 0. The molecule has 1 aliphatic heterocycles. The second-order valence-electron chi connectivity index (χ2n) is 4.31. The number of nitrogens with zero attached hydrogens (tertiary/aromatic N) is 2. The third kappa shape index (κ3) is 3.98. The molecule has 0 unspecified atom stereocenters. The van der Waals surface area contributed by atoms with Gasteiger partial charge in [-0.2, -0.15) is 0 Å². The molecule has 0 amide bonds. The van der Waals surface area contributed by atoms with E-state index < -0.39 is 0 Å². The first-order chi connectivity index (χ1) is 8.33. The molecular weight excluding hydrogens is 228 g/mol. The van der Waals surface area contributed by atoms with Crippen molar-refractivity contribution in [2.24, 2.45) is 5.92 Å². The first kappa shape index (κ1) is 14.5. The summed E-state index contributed by atoms with van der Waals surface area (Å²) >= 11 is 1.80. The van der Waals surface area contributed by atoms with Crippen LogP contribution in [0, 0.1) is 5.92 Å². The molecule has 2 rings (SSSR count). The third-order valence-corrected chi connectivity index (χ3v) is 4.31. The predicted octanol–water partition coefficient (Wildman–Crippen LogP) is 4.36. The van der Waals surface area contributed by atoms with Gasteiger partial charge in [0.25, 0.3) is 0 Å². The fourth-order valence-corrected chi connectivity index (χ4v) is 3.10. The van der Waals surface area contributed by atoms with Gasteiger partial charge in [-0.25, -0.2) is 4.98 Å². The Balaban J connectivity index is 0.000000686. The number of thiazole rings is 1. The van der Waals surface area contributed by atoms with Crippen molar-refractivity contribution in [1.29, 1.82) is 0 Å². The molecule has 1 saturated heterocycles. The molecule has 0 N–H and O–H groups in total. The van der Waals surface area contributed by atoms with Crippen LogP contribution in [0.15, 0.2) is 5.38 Å². The highest BCUT2D eigenvalue weighted by atomic mass is 32.1. The number of hydrogen-bond acceptors (Lipinski definition) is 3. The van der Waals surface area contributed by atoms with Crippen LogP contribution in [0.2, 0.25) is 0 Å². The minimum atomic E-state index is 0.951. The van der Waals surface area contributed by atoms with E-state index in [-0.39, 0.29) is 0 Å². The normalized spacial score (nSPS) is 16.6. The quantitative estimate of drug-likeness (QED) is 0.797. The van der Waals surface area contributed by atoms with Crippen LogP contribution in [0.25, 0.3) is 0 Å². The Bertz CT molecular complexity index is 301. The summed E-state index contributed by atoms with van der Waals surface area (Å²) in [6, 6.07) is 0. The van der Waals surface area contributed by atoms with Crippen LogP contribution in [-0.4, -0.2) is 18.1 Å². The molecule has 2 heterocycles. The second-order valence-corrected chi connectivity index (χ2v) is 5.15. The monoisotopic (exact) mass is 254 g/mol. The number of hydrogen-bond donors (Lipinski definition) is 0. The maximum atomic E-state index is 4.65. The summed E-state index contributed by atoms with van der Waals surface area (Å²) in [6.07, 6.45) is 5.09. The van der Waals surface area contributed by atoms with Crippen molar-refractivity contribution in [3.8, 4) is 0 Å². The van der Waals surface area contributed by atoms with Crippen molar-refractivity contribution < 1.29 is 0 Å². The summed E-state index contributed by atoms with van der Waals surface area (Å²) in [5, 5.41) is 3.43. The smallest absolute Gasteiger partial charge is 0.185 e. The fraction of sp³-hybridized carbons (Fsp3) is 0.786. The van der Waals surface area contributed by atoms with E-state index in [9.17, 15) is 0 Å². The molecule has 1 aromatic rings. The van der Waals surface area contributed by atoms with Crippen molar-refractivity contribution in [3.63, 3.8) is 0 Å². The highest BCUT2D eigenvalue weighted by Crippen LogP contribution is 2.27. The van der Waals surface area contributed by atoms with Gasteiger partial charge in [0.1, 0.15) is 0 Å². The Morgan fingerprint density at radius 1 is 1.29 bits per heavy atom. The van der Waals surface area contributed by atoms with Gasteiger partial charge in [0, 0.05) is 18.5 Å². The number of piperidine rings is 1. The summed E-state index contributed by atoms with van der Waals surface area (Å²) in [5.41, 5.74) is 1.24. The number of aryl methyl sites for hydroxylation is 1. The molecule has 0 atom stereocenters. The van der Waals surface area contributed by atoms with Crippen LogP contribution < -0.4 is 4.90 Å². The Morgan fingerprint density at radius 2 is 1.94 bits per heavy atom. The number of rotatable bonds is 3. The van der Waals surface area contributed by atoms with Crippen LogP contribution in [0.5, 0.6) is 0 Å². The van der Waals surface area contributed by atoms with E-state index in [1.807, 2.05) is 13.8 Å². The topological polar surface area (TPSA) is 16.1 Å². The van der Waals surface area contributed by atoms with Crippen molar-refractivity contribution in [3.05, 3.63) is 11.1 Å². The largest absolute Gasteiger partial charge is 0.348 e. The minimum absolute atomic E-state index is 0.951. The molecule has 3 heteroatoms. The van der Waals surface area contributed by atoms with Gasteiger partial charge in [0.15, 0.2) is 5.13 Å². The average Bonchev–Trinajstić information content (AvgIpc) is 2.90. The van der Waals surface area contributed by atoms with Crippen molar-refractivity contribution in [2.45, 2.75) is 53.4 Å². The highest BCUT2D eigenvalue weighted by molar-refractivity contribution is 7.13. The van der Waals surface area contributed by atoms with Gasteiger partial charge >= 0.3 is 0 Å². The maximum Gasteiger partial charge on any atom is 0.185 e. The molecule has 0 saturated carbocycles. The molecule has 0 bridgehead atoms. The Morgan fingerprint density at radius 3 is 2.41 bits per heavy atom. The van der Waals surface area contributed by atoms with E-state index in [1.54, 1.807) is 11.3 Å². The van der Waals surface area contributed by atoms with Crippen molar-refractivity contribution in [1.82, 2.24) is 4.98 Å². The van der Waals surface area contributed by atoms with E-state index in [4.69, 9.17) is 0 Å². The fourth-order valence-electron chi connectivity index (χ4n) is 2.14. The molecular formula is C14H26N2S. The van der Waals surface area contributed by atoms with E-state index in [1.165, 1.54) is 43.2 Å². The first-order valence-corrected chi connectivity index (χ1v) is 7.90. The minimum Gasteiger partial charge on any atom is -0.348 e. The van der Waals surface area contributed by atoms with Crippen LogP contribution in [0.3, 0.4) is 0 Å². The van der Waals surface area contributed by atoms with Gasteiger partial charge in [-0.1, -0.05) is 34.1 Å². The zero-order chi connectivity index (χ0) is 12.7. The summed E-state index contributed by atoms with van der Waals surface area (Å²) in [7, 11) is 0. The summed E-state index contributed by atoms with van der Waals surface area (Å²) in [5.74, 6) is 0.951. The lowest BCUT2D eigenvalue weighted by Gasteiger charge is -2.31. The zero-order valence-corrected chi connectivity index (χ0v) is 12.5. The van der Waals surface area contributed by atoms with Gasteiger partial charge in [-0.3, -0.25) is 0 Å². The maximum absolute atomic E-state index is 4.65. The molecule has 2 nitrogen and oxygen atoms in total. The van der Waals surface area contributed by atoms with Gasteiger partial charge in [-0.15, -0.1) is 11.3 Å². The SMILES string of the molecule is CC.CCc1csc(N2CCC(CC)CC2)n1. The molecule has 17 heavy (non-hydrogen) atoms. The van der Waals surface area contributed by atoms with Gasteiger partial charge < -0.3 is 4.90 Å². The van der Waals surface area contributed by atoms with Crippen molar-refractivity contribution in [2.75, 3.05) is 18.0 Å². The van der Waals surface area contributed by atoms with Gasteiger partial charge in [0.05, 0.1) is 5.69 Å². The lowest BCUT2D eigenvalue weighted by molar-refractivity contribution is 0.395. The first-order valence-electron chi connectivity index (χ1n) is 7.02. The lowest BCUT2D eigenvalue weighted by Crippen LogP contribution is -2.33. The zero-order valence-electron chi connectivity index (χ0n) is 11.7. The van der Waals surface area contributed by atoms with E-state index in [0.717, 1.165) is 12.3 Å². The molecule has 0 aromatic carbocycles. The van der Waals surface area contributed by atoms with Crippen LogP contribution in [-0.2, 0) is 6.42 Å². The Hall–Kier alpha value is -0.570. The van der Waals surface area contributed by atoms with Crippen LogP contribution >= 0.6 is 11.3 Å². The number of anilines is 1. The molecule has 1 fully saturated rings. The average molecular weight is 254 g/mol. The predicted molar refractivity (Wildman–Crippen MR) is 78.1 cm³/mol. The molecule has 0 radical (unpaired) electrons. The molecule has 1 aromatic heterocycles. The Kier molecular flexibility index (Phi) is 6.56. The summed E-state index contributed by atoms with van der Waals surface area (Å²) in [4.78, 5) is 7.10. The molecule has 98 valence electrons. The van der Waals surface area contributed by atoms with Crippen molar-refractivity contribution >= 4 is 16.5 Å².